The zero-order valence-electron chi connectivity index (χ0n) is 14.4. The van der Waals surface area contributed by atoms with Crippen LogP contribution in [0.15, 0.2) is 42.5 Å². The highest BCUT2D eigenvalue weighted by molar-refractivity contribution is 5.88. The van der Waals surface area contributed by atoms with Crippen LogP contribution < -0.4 is 0 Å². The van der Waals surface area contributed by atoms with Crippen LogP contribution in [0.4, 0.5) is 0 Å². The van der Waals surface area contributed by atoms with E-state index in [1.165, 1.54) is 39.8 Å². The first-order valence-electron chi connectivity index (χ1n) is 8.53. The van der Waals surface area contributed by atoms with Crippen molar-refractivity contribution in [2.45, 2.75) is 46.5 Å². The molecule has 0 saturated carbocycles. The molecule has 2 aliphatic carbocycles. The Morgan fingerprint density at radius 2 is 1.68 bits per heavy atom. The smallest absolute Gasteiger partial charge is 0.0159 e. The summed E-state index contributed by atoms with van der Waals surface area (Å²) >= 11 is 0. The third kappa shape index (κ3) is 2.05. The molecule has 2 aromatic rings. The van der Waals surface area contributed by atoms with Crippen LogP contribution in [0.1, 0.15) is 56.9 Å². The van der Waals surface area contributed by atoms with Crippen molar-refractivity contribution in [2.24, 2.45) is 5.92 Å². The van der Waals surface area contributed by atoms with Gasteiger partial charge in [0.15, 0.2) is 0 Å². The molecule has 4 rings (SSSR count). The zero-order chi connectivity index (χ0) is 15.9. The molecule has 2 aromatic carbocycles. The Kier molecular flexibility index (Phi) is 3.72. The molecule has 0 aromatic heterocycles. The maximum Gasteiger partial charge on any atom is 0.0159 e. The van der Waals surface area contributed by atoms with Gasteiger partial charge in [0.2, 0.25) is 0 Å². The average molecular weight is 290 g/mol. The van der Waals surface area contributed by atoms with Crippen LogP contribution in [0.25, 0.3) is 17.2 Å². The summed E-state index contributed by atoms with van der Waals surface area (Å²) in [6.07, 6.45) is 5.87. The molecule has 2 aliphatic rings. The van der Waals surface area contributed by atoms with Crippen molar-refractivity contribution in [3.05, 3.63) is 64.7 Å². The number of hydrogen-bond donors (Lipinski definition) is 0. The molecule has 1 atom stereocenters. The first-order valence-corrected chi connectivity index (χ1v) is 8.53. The van der Waals surface area contributed by atoms with Crippen molar-refractivity contribution in [3.8, 4) is 11.1 Å². The monoisotopic (exact) mass is 290 g/mol. The second-order valence-electron chi connectivity index (χ2n) is 6.77. The summed E-state index contributed by atoms with van der Waals surface area (Å²) < 4.78 is 0. The lowest BCUT2D eigenvalue weighted by atomic mass is 9.80. The van der Waals surface area contributed by atoms with Crippen LogP contribution in [0, 0.1) is 5.92 Å². The van der Waals surface area contributed by atoms with E-state index in [1.807, 2.05) is 13.8 Å². The van der Waals surface area contributed by atoms with Gasteiger partial charge in [-0.15, -0.1) is 0 Å². The van der Waals surface area contributed by atoms with E-state index in [0.29, 0.717) is 5.92 Å². The maximum atomic E-state index is 2.36. The molecular formula is C22H26. The van der Waals surface area contributed by atoms with E-state index in [2.05, 4.69) is 69.3 Å². The quantitative estimate of drug-likeness (QED) is 0.540. The highest BCUT2D eigenvalue weighted by Gasteiger charge is 2.36. The Hall–Kier alpha value is -1.82. The lowest BCUT2D eigenvalue weighted by Gasteiger charge is -2.23. The topological polar surface area (TPSA) is 0 Å². The van der Waals surface area contributed by atoms with Gasteiger partial charge in [0.25, 0.3) is 0 Å². The SMILES string of the molecule is CC.CC1C=Cc2c(ccc3c2-c2ccccc2C3(C)C)C1. The van der Waals surface area contributed by atoms with E-state index in [0.717, 1.165) is 0 Å². The van der Waals surface area contributed by atoms with Gasteiger partial charge in [-0.2, -0.15) is 0 Å². The lowest BCUT2D eigenvalue weighted by molar-refractivity contribution is 0.658. The van der Waals surface area contributed by atoms with Gasteiger partial charge < -0.3 is 0 Å². The predicted molar refractivity (Wildman–Crippen MR) is 97.3 cm³/mol. The molecule has 1 unspecified atom stereocenters. The summed E-state index contributed by atoms with van der Waals surface area (Å²) in [4.78, 5) is 0. The Labute approximate surface area is 134 Å². The molecule has 0 N–H and O–H groups in total. The fourth-order valence-electron chi connectivity index (χ4n) is 3.91. The van der Waals surface area contributed by atoms with Gasteiger partial charge in [0.1, 0.15) is 0 Å². The molecule has 0 fully saturated rings. The molecular weight excluding hydrogens is 264 g/mol. The van der Waals surface area contributed by atoms with E-state index in [9.17, 15) is 0 Å². The van der Waals surface area contributed by atoms with Gasteiger partial charge in [0.05, 0.1) is 0 Å². The molecule has 114 valence electrons. The Balaban J connectivity index is 0.000000693. The summed E-state index contributed by atoms with van der Waals surface area (Å²) in [7, 11) is 0. The van der Waals surface area contributed by atoms with Crippen LogP contribution in [0.2, 0.25) is 0 Å². The predicted octanol–water partition coefficient (Wildman–Crippen LogP) is 6.22. The van der Waals surface area contributed by atoms with Gasteiger partial charge in [-0.1, -0.05) is 83.2 Å². The standard InChI is InChI=1S/C20H20.C2H6/c1-13-8-10-15-14(12-13)9-11-18-19(15)16-6-4-5-7-17(16)20(18,2)3;1-2/h4-11,13H,12H2,1-3H3;1-2H3. The number of fused-ring (bicyclic) bond motifs is 5. The van der Waals surface area contributed by atoms with Gasteiger partial charge >= 0.3 is 0 Å². The van der Waals surface area contributed by atoms with E-state index in [4.69, 9.17) is 0 Å². The molecule has 0 aliphatic heterocycles. The van der Waals surface area contributed by atoms with Crippen LogP contribution in [0.3, 0.4) is 0 Å². The number of allylic oxidation sites excluding steroid dienone is 1. The summed E-state index contributed by atoms with van der Waals surface area (Å²) in [6.45, 7) is 11.0. The number of rotatable bonds is 0. The molecule has 0 radical (unpaired) electrons. The first-order chi connectivity index (χ1) is 10.6. The van der Waals surface area contributed by atoms with Crippen LogP contribution >= 0.6 is 0 Å². The molecule has 0 nitrogen and oxygen atoms in total. The molecule has 0 heterocycles. The fourth-order valence-corrected chi connectivity index (χ4v) is 3.91. The second kappa shape index (κ2) is 5.43. The third-order valence-corrected chi connectivity index (χ3v) is 5.01. The van der Waals surface area contributed by atoms with E-state index >= 15 is 0 Å². The number of hydrogen-bond acceptors (Lipinski definition) is 0. The highest BCUT2D eigenvalue weighted by atomic mass is 14.4. The minimum absolute atomic E-state index is 0.123. The minimum Gasteiger partial charge on any atom is -0.0807 e. The summed E-state index contributed by atoms with van der Waals surface area (Å²) in [5.74, 6) is 0.658. The largest absolute Gasteiger partial charge is 0.0807 e. The van der Waals surface area contributed by atoms with Gasteiger partial charge in [-0.3, -0.25) is 0 Å². The van der Waals surface area contributed by atoms with Crippen molar-refractivity contribution in [1.82, 2.24) is 0 Å². The average Bonchev–Trinajstić information content (AvgIpc) is 2.78. The zero-order valence-corrected chi connectivity index (χ0v) is 14.4. The van der Waals surface area contributed by atoms with Crippen molar-refractivity contribution in [1.29, 1.82) is 0 Å². The van der Waals surface area contributed by atoms with Crippen molar-refractivity contribution in [2.75, 3.05) is 0 Å². The Bertz CT molecular complexity index is 732. The maximum absolute atomic E-state index is 2.36. The molecule has 0 heteroatoms. The highest BCUT2D eigenvalue weighted by Crippen LogP contribution is 2.51. The Morgan fingerprint density at radius 3 is 2.45 bits per heavy atom. The number of benzene rings is 2. The molecule has 22 heavy (non-hydrogen) atoms. The molecule has 0 bridgehead atoms. The van der Waals surface area contributed by atoms with E-state index < -0.39 is 0 Å². The van der Waals surface area contributed by atoms with Gasteiger partial charge in [0, 0.05) is 5.41 Å². The second-order valence-corrected chi connectivity index (χ2v) is 6.77. The fraction of sp³-hybridized carbons (Fsp3) is 0.364. The first kappa shape index (κ1) is 15.1. The van der Waals surface area contributed by atoms with Crippen LogP contribution in [0.5, 0.6) is 0 Å². The van der Waals surface area contributed by atoms with E-state index in [-0.39, 0.29) is 5.41 Å². The summed E-state index contributed by atoms with van der Waals surface area (Å²) in [5.41, 5.74) is 8.95. The third-order valence-electron chi connectivity index (χ3n) is 5.01. The minimum atomic E-state index is 0.123. The molecule has 0 saturated heterocycles. The van der Waals surface area contributed by atoms with Crippen molar-refractivity contribution in [3.63, 3.8) is 0 Å². The molecule has 0 spiro atoms. The summed E-state index contributed by atoms with van der Waals surface area (Å²) in [5, 5.41) is 0. The van der Waals surface area contributed by atoms with Crippen molar-refractivity contribution < 1.29 is 0 Å². The van der Waals surface area contributed by atoms with Crippen molar-refractivity contribution >= 4 is 6.08 Å². The normalized spacial score (nSPS) is 19.6. The van der Waals surface area contributed by atoms with Gasteiger partial charge in [-0.25, -0.2) is 0 Å². The lowest BCUT2D eigenvalue weighted by Crippen LogP contribution is -2.15. The molecule has 0 amide bonds. The van der Waals surface area contributed by atoms with Crippen LogP contribution in [-0.2, 0) is 11.8 Å². The Morgan fingerprint density at radius 1 is 0.955 bits per heavy atom. The summed E-state index contributed by atoms with van der Waals surface area (Å²) in [6, 6.07) is 13.6. The van der Waals surface area contributed by atoms with E-state index in [1.54, 1.807) is 0 Å². The van der Waals surface area contributed by atoms with Crippen LogP contribution in [-0.4, -0.2) is 0 Å². The van der Waals surface area contributed by atoms with Gasteiger partial charge in [-0.05, 0) is 45.7 Å².